The molecule has 0 amide bonds. The molecule has 5 nitrogen and oxygen atoms in total. The zero-order chi connectivity index (χ0) is 13.5. The van der Waals surface area contributed by atoms with E-state index in [1.807, 2.05) is 30.6 Å². The predicted octanol–water partition coefficient (Wildman–Crippen LogP) is 2.33. The lowest BCUT2D eigenvalue weighted by Crippen LogP contribution is -2.23. The maximum absolute atomic E-state index is 4.35. The third-order valence-corrected chi connectivity index (χ3v) is 2.84. The molecule has 2 aromatic heterocycles. The Bertz CT molecular complexity index is 500. The molecule has 0 saturated heterocycles. The Balaban J connectivity index is 2.15. The molecule has 2 aromatic rings. The standard InChI is InChI=1S/C14H19N5/c1-3-16-13-9-14(18-11-17-13)19(4-2)10-12-5-7-15-8-6-12/h5-9,11H,3-4,10H2,1-2H3,(H,16,17,18). The highest BCUT2D eigenvalue weighted by Gasteiger charge is 2.07. The van der Waals surface area contributed by atoms with Crippen molar-refractivity contribution >= 4 is 11.6 Å². The molecule has 0 atom stereocenters. The van der Waals surface area contributed by atoms with Crippen molar-refractivity contribution in [3.05, 3.63) is 42.5 Å². The van der Waals surface area contributed by atoms with Gasteiger partial charge in [0.15, 0.2) is 0 Å². The fourth-order valence-electron chi connectivity index (χ4n) is 1.86. The van der Waals surface area contributed by atoms with E-state index in [0.29, 0.717) is 0 Å². The fraction of sp³-hybridized carbons (Fsp3) is 0.357. The first-order chi connectivity index (χ1) is 9.33. The van der Waals surface area contributed by atoms with Crippen molar-refractivity contribution in [1.29, 1.82) is 0 Å². The fourth-order valence-corrected chi connectivity index (χ4v) is 1.86. The Morgan fingerprint density at radius 2 is 1.95 bits per heavy atom. The quantitative estimate of drug-likeness (QED) is 0.860. The van der Waals surface area contributed by atoms with Gasteiger partial charge in [-0.3, -0.25) is 4.98 Å². The smallest absolute Gasteiger partial charge is 0.134 e. The van der Waals surface area contributed by atoms with Crippen molar-refractivity contribution in [3.63, 3.8) is 0 Å². The van der Waals surface area contributed by atoms with Crippen LogP contribution in [-0.4, -0.2) is 28.0 Å². The van der Waals surface area contributed by atoms with Crippen LogP contribution in [0.25, 0.3) is 0 Å². The zero-order valence-electron chi connectivity index (χ0n) is 11.4. The van der Waals surface area contributed by atoms with Gasteiger partial charge < -0.3 is 10.2 Å². The van der Waals surface area contributed by atoms with Gasteiger partial charge in [0.2, 0.25) is 0 Å². The second-order valence-corrected chi connectivity index (χ2v) is 4.16. The molecule has 0 aromatic carbocycles. The molecule has 0 fully saturated rings. The highest BCUT2D eigenvalue weighted by Crippen LogP contribution is 2.16. The Kier molecular flexibility index (Phi) is 4.66. The van der Waals surface area contributed by atoms with Gasteiger partial charge in [0.25, 0.3) is 0 Å². The van der Waals surface area contributed by atoms with E-state index < -0.39 is 0 Å². The summed E-state index contributed by atoms with van der Waals surface area (Å²) in [5.74, 6) is 1.80. The Morgan fingerprint density at radius 3 is 2.63 bits per heavy atom. The number of nitrogens with zero attached hydrogens (tertiary/aromatic N) is 4. The molecule has 2 heterocycles. The topological polar surface area (TPSA) is 53.9 Å². The molecule has 0 aliphatic carbocycles. The maximum Gasteiger partial charge on any atom is 0.134 e. The molecule has 2 rings (SSSR count). The first-order valence-electron chi connectivity index (χ1n) is 6.53. The number of rotatable bonds is 6. The van der Waals surface area contributed by atoms with Crippen LogP contribution in [-0.2, 0) is 6.54 Å². The van der Waals surface area contributed by atoms with Crippen molar-refractivity contribution in [2.24, 2.45) is 0 Å². The summed E-state index contributed by atoms with van der Waals surface area (Å²) >= 11 is 0. The van der Waals surface area contributed by atoms with Crippen LogP contribution >= 0.6 is 0 Å². The van der Waals surface area contributed by atoms with Crippen LogP contribution in [0.5, 0.6) is 0 Å². The number of pyridine rings is 1. The molecular weight excluding hydrogens is 238 g/mol. The normalized spacial score (nSPS) is 10.2. The SMILES string of the molecule is CCNc1cc(N(CC)Cc2ccncc2)ncn1. The summed E-state index contributed by atoms with van der Waals surface area (Å²) < 4.78 is 0. The molecule has 0 radical (unpaired) electrons. The van der Waals surface area contributed by atoms with E-state index in [4.69, 9.17) is 0 Å². The van der Waals surface area contributed by atoms with Crippen molar-refractivity contribution in [1.82, 2.24) is 15.0 Å². The predicted molar refractivity (Wildman–Crippen MR) is 77.2 cm³/mol. The largest absolute Gasteiger partial charge is 0.370 e. The minimum absolute atomic E-state index is 0.821. The van der Waals surface area contributed by atoms with Gasteiger partial charge >= 0.3 is 0 Å². The molecule has 0 bridgehead atoms. The van der Waals surface area contributed by atoms with E-state index in [2.05, 4.69) is 39.0 Å². The minimum atomic E-state index is 0.821. The van der Waals surface area contributed by atoms with Gasteiger partial charge in [-0.1, -0.05) is 0 Å². The van der Waals surface area contributed by atoms with Gasteiger partial charge in [0, 0.05) is 38.1 Å². The van der Waals surface area contributed by atoms with E-state index in [-0.39, 0.29) is 0 Å². The first kappa shape index (κ1) is 13.3. The monoisotopic (exact) mass is 257 g/mol. The second kappa shape index (κ2) is 6.68. The van der Waals surface area contributed by atoms with Gasteiger partial charge in [0.05, 0.1) is 0 Å². The highest BCUT2D eigenvalue weighted by molar-refractivity contribution is 5.48. The summed E-state index contributed by atoms with van der Waals surface area (Å²) in [4.78, 5) is 14.8. The average molecular weight is 257 g/mol. The Labute approximate surface area is 113 Å². The summed E-state index contributed by atoms with van der Waals surface area (Å²) in [6.07, 6.45) is 5.23. The van der Waals surface area contributed by atoms with Crippen LogP contribution in [0.1, 0.15) is 19.4 Å². The molecule has 0 aliphatic rings. The molecule has 100 valence electrons. The van der Waals surface area contributed by atoms with Gasteiger partial charge in [-0.25, -0.2) is 9.97 Å². The van der Waals surface area contributed by atoms with Crippen LogP contribution in [0.3, 0.4) is 0 Å². The van der Waals surface area contributed by atoms with E-state index in [1.54, 1.807) is 6.33 Å². The first-order valence-corrected chi connectivity index (χ1v) is 6.53. The van der Waals surface area contributed by atoms with E-state index in [9.17, 15) is 0 Å². The summed E-state index contributed by atoms with van der Waals surface area (Å²) in [7, 11) is 0. The van der Waals surface area contributed by atoms with Crippen molar-refractivity contribution < 1.29 is 0 Å². The average Bonchev–Trinajstić information content (AvgIpc) is 2.46. The zero-order valence-corrected chi connectivity index (χ0v) is 11.4. The maximum atomic E-state index is 4.35. The number of hydrogen-bond acceptors (Lipinski definition) is 5. The number of aromatic nitrogens is 3. The van der Waals surface area contributed by atoms with Crippen LogP contribution < -0.4 is 10.2 Å². The lowest BCUT2D eigenvalue weighted by atomic mass is 10.2. The van der Waals surface area contributed by atoms with Crippen LogP contribution in [0.15, 0.2) is 36.9 Å². The van der Waals surface area contributed by atoms with Crippen LogP contribution in [0, 0.1) is 0 Å². The van der Waals surface area contributed by atoms with Gasteiger partial charge in [-0.05, 0) is 31.5 Å². The molecule has 19 heavy (non-hydrogen) atoms. The van der Waals surface area contributed by atoms with Gasteiger partial charge in [-0.15, -0.1) is 0 Å². The van der Waals surface area contributed by atoms with Gasteiger partial charge in [0.1, 0.15) is 18.0 Å². The van der Waals surface area contributed by atoms with Crippen molar-refractivity contribution in [3.8, 4) is 0 Å². The van der Waals surface area contributed by atoms with Crippen LogP contribution in [0.2, 0.25) is 0 Å². The molecule has 1 N–H and O–H groups in total. The summed E-state index contributed by atoms with van der Waals surface area (Å²) in [6.45, 7) is 6.74. The third-order valence-electron chi connectivity index (χ3n) is 2.84. The molecule has 5 heteroatoms. The second-order valence-electron chi connectivity index (χ2n) is 4.16. The summed E-state index contributed by atoms with van der Waals surface area (Å²) in [6, 6.07) is 6.03. The minimum Gasteiger partial charge on any atom is -0.370 e. The Morgan fingerprint density at radius 1 is 1.16 bits per heavy atom. The lowest BCUT2D eigenvalue weighted by molar-refractivity contribution is 0.809. The van der Waals surface area contributed by atoms with Gasteiger partial charge in [-0.2, -0.15) is 0 Å². The van der Waals surface area contributed by atoms with E-state index >= 15 is 0 Å². The molecule has 0 aliphatic heterocycles. The number of nitrogens with one attached hydrogen (secondary N) is 1. The third kappa shape index (κ3) is 3.64. The summed E-state index contributed by atoms with van der Waals surface area (Å²) in [5, 5.41) is 3.20. The van der Waals surface area contributed by atoms with Crippen LogP contribution in [0.4, 0.5) is 11.6 Å². The number of anilines is 2. The summed E-state index contributed by atoms with van der Waals surface area (Å²) in [5.41, 5.74) is 1.22. The molecular formula is C14H19N5. The number of hydrogen-bond donors (Lipinski definition) is 1. The Hall–Kier alpha value is -2.17. The van der Waals surface area contributed by atoms with E-state index in [0.717, 1.165) is 31.3 Å². The van der Waals surface area contributed by atoms with Crippen molar-refractivity contribution in [2.45, 2.75) is 20.4 Å². The molecule has 0 spiro atoms. The highest BCUT2D eigenvalue weighted by atomic mass is 15.2. The van der Waals surface area contributed by atoms with Crippen molar-refractivity contribution in [2.75, 3.05) is 23.3 Å². The molecule has 0 unspecified atom stereocenters. The lowest BCUT2D eigenvalue weighted by Gasteiger charge is -2.22. The molecule has 0 saturated carbocycles. The van der Waals surface area contributed by atoms with E-state index in [1.165, 1.54) is 5.56 Å².